The lowest BCUT2D eigenvalue weighted by Gasteiger charge is -2.07. The second kappa shape index (κ2) is 13.3. The van der Waals surface area contributed by atoms with Crippen molar-refractivity contribution < 1.29 is 19.1 Å². The zero-order valence-electron chi connectivity index (χ0n) is 15.1. The van der Waals surface area contributed by atoms with E-state index in [1.807, 2.05) is 13.1 Å². The van der Waals surface area contributed by atoms with Crippen LogP contribution in [0, 0.1) is 0 Å². The van der Waals surface area contributed by atoms with E-state index in [0.29, 0.717) is 58.8 Å². The highest BCUT2D eigenvalue weighted by Gasteiger charge is 2.03. The lowest BCUT2D eigenvalue weighted by atomic mass is 10.2. The number of nitrogens with zero attached hydrogens (tertiary/aromatic N) is 3. The first-order valence-electron chi connectivity index (χ1n) is 8.67. The van der Waals surface area contributed by atoms with Gasteiger partial charge in [-0.3, -0.25) is 9.59 Å². The van der Waals surface area contributed by atoms with E-state index >= 15 is 0 Å². The fraction of sp³-hybridized carbons (Fsp3) is 0.750. The maximum atomic E-state index is 11.5. The van der Waals surface area contributed by atoms with Gasteiger partial charge in [0.1, 0.15) is 0 Å². The molecule has 0 aromatic carbocycles. The lowest BCUT2D eigenvalue weighted by Crippen LogP contribution is -2.28. The fourth-order valence-corrected chi connectivity index (χ4v) is 1.98. The van der Waals surface area contributed by atoms with Gasteiger partial charge < -0.3 is 20.1 Å². The number of nitrogens with one attached hydrogen (secondary N) is 2. The molecule has 2 amide bonds. The molecule has 25 heavy (non-hydrogen) atoms. The first-order valence-corrected chi connectivity index (χ1v) is 8.67. The molecule has 9 nitrogen and oxygen atoms in total. The Bertz CT molecular complexity index is 506. The largest absolute Gasteiger partial charge is 0.377 e. The molecule has 1 aromatic heterocycles. The second-order valence-electron chi connectivity index (χ2n) is 5.43. The molecule has 2 N–H and O–H groups in total. The quantitative estimate of drug-likeness (QED) is 0.452. The molecule has 0 aliphatic rings. The molecule has 1 rings (SSSR count). The van der Waals surface area contributed by atoms with E-state index in [1.54, 1.807) is 11.7 Å². The van der Waals surface area contributed by atoms with Gasteiger partial charge >= 0.3 is 0 Å². The van der Waals surface area contributed by atoms with Crippen LogP contribution < -0.4 is 10.6 Å². The first kappa shape index (κ1) is 21.0. The molecule has 1 aromatic rings. The minimum absolute atomic E-state index is 0.0502. The van der Waals surface area contributed by atoms with Gasteiger partial charge in [0.15, 0.2) is 0 Å². The average molecular weight is 355 g/mol. The minimum atomic E-state index is -0.0666. The average Bonchev–Trinajstić information content (AvgIpc) is 3.08. The number of carbonyl (C=O) groups excluding carboxylic acids is 2. The van der Waals surface area contributed by atoms with E-state index in [0.717, 1.165) is 12.1 Å². The summed E-state index contributed by atoms with van der Waals surface area (Å²) < 4.78 is 12.6. The first-order chi connectivity index (χ1) is 12.2. The molecule has 0 atom stereocenters. The Morgan fingerprint density at radius 1 is 1.12 bits per heavy atom. The van der Waals surface area contributed by atoms with Crippen LogP contribution in [0.25, 0.3) is 0 Å². The van der Waals surface area contributed by atoms with Crippen molar-refractivity contribution in [1.82, 2.24) is 25.6 Å². The summed E-state index contributed by atoms with van der Waals surface area (Å²) in [4.78, 5) is 22.5. The van der Waals surface area contributed by atoms with Gasteiger partial charge in [-0.05, 0) is 12.8 Å². The molecule has 0 spiro atoms. The Morgan fingerprint density at radius 2 is 1.84 bits per heavy atom. The molecule has 142 valence electrons. The standard InChI is InChI=1S/C16H29N5O4/c1-3-14-13-21(20-19-14)8-10-25-12-11-24-9-7-18-16(23)6-4-5-15(22)17-2/h13H,3-12H2,1-2H3,(H,17,22)(H,18,23). The van der Waals surface area contributed by atoms with Crippen molar-refractivity contribution in [2.24, 2.45) is 0 Å². The molecule has 0 saturated carbocycles. The topological polar surface area (TPSA) is 107 Å². The van der Waals surface area contributed by atoms with E-state index in [9.17, 15) is 9.59 Å². The Morgan fingerprint density at radius 3 is 2.52 bits per heavy atom. The van der Waals surface area contributed by atoms with Crippen molar-refractivity contribution in [3.05, 3.63) is 11.9 Å². The normalized spacial score (nSPS) is 10.6. The van der Waals surface area contributed by atoms with Gasteiger partial charge in [-0.1, -0.05) is 12.1 Å². The van der Waals surface area contributed by atoms with Gasteiger partial charge in [-0.25, -0.2) is 4.68 Å². The Hall–Kier alpha value is -2.00. The zero-order chi connectivity index (χ0) is 18.3. The second-order valence-corrected chi connectivity index (χ2v) is 5.43. The molecule has 0 fully saturated rings. The number of carbonyl (C=O) groups is 2. The summed E-state index contributed by atoms with van der Waals surface area (Å²) in [6, 6.07) is 0. The molecule has 0 aliphatic carbocycles. The van der Waals surface area contributed by atoms with E-state index in [2.05, 4.69) is 20.9 Å². The van der Waals surface area contributed by atoms with Crippen LogP contribution in [0.1, 0.15) is 31.9 Å². The van der Waals surface area contributed by atoms with E-state index < -0.39 is 0 Å². The number of hydrogen-bond donors (Lipinski definition) is 2. The van der Waals surface area contributed by atoms with Crippen LogP contribution in [-0.2, 0) is 32.0 Å². The number of aromatic nitrogens is 3. The third kappa shape index (κ3) is 10.5. The summed E-state index contributed by atoms with van der Waals surface area (Å²) >= 11 is 0. The van der Waals surface area contributed by atoms with Crippen molar-refractivity contribution in [1.29, 1.82) is 0 Å². The summed E-state index contributed by atoms with van der Waals surface area (Å²) in [5.41, 5.74) is 0.971. The van der Waals surface area contributed by atoms with E-state index in [4.69, 9.17) is 9.47 Å². The molecule has 0 unspecified atom stereocenters. The Kier molecular flexibility index (Phi) is 11.2. The third-order valence-electron chi connectivity index (χ3n) is 3.44. The van der Waals surface area contributed by atoms with Crippen LogP contribution in [-0.4, -0.2) is 66.8 Å². The molecule has 0 saturated heterocycles. The molecule has 1 heterocycles. The predicted octanol–water partition coefficient (Wildman–Crippen LogP) is -0.0938. The van der Waals surface area contributed by atoms with Gasteiger partial charge in [-0.15, -0.1) is 5.10 Å². The van der Waals surface area contributed by atoms with Crippen LogP contribution in [0.5, 0.6) is 0 Å². The Balaban J connectivity index is 1.86. The van der Waals surface area contributed by atoms with Gasteiger partial charge in [0.05, 0.1) is 38.7 Å². The van der Waals surface area contributed by atoms with Gasteiger partial charge in [-0.2, -0.15) is 0 Å². The van der Waals surface area contributed by atoms with Crippen LogP contribution >= 0.6 is 0 Å². The predicted molar refractivity (Wildman–Crippen MR) is 92.0 cm³/mol. The van der Waals surface area contributed by atoms with E-state index in [-0.39, 0.29) is 11.8 Å². The fourth-order valence-electron chi connectivity index (χ4n) is 1.98. The molecule has 0 radical (unpaired) electrons. The van der Waals surface area contributed by atoms with Crippen LogP contribution in [0.3, 0.4) is 0 Å². The molecular weight excluding hydrogens is 326 g/mol. The van der Waals surface area contributed by atoms with Crippen molar-refractivity contribution in [3.8, 4) is 0 Å². The maximum Gasteiger partial charge on any atom is 0.220 e. The molecule has 9 heteroatoms. The summed E-state index contributed by atoms with van der Waals surface area (Å²) in [6.45, 7) is 5.12. The monoisotopic (exact) mass is 355 g/mol. The van der Waals surface area contributed by atoms with Crippen molar-refractivity contribution in [2.75, 3.05) is 40.0 Å². The maximum absolute atomic E-state index is 11.5. The van der Waals surface area contributed by atoms with Gasteiger partial charge in [0.25, 0.3) is 0 Å². The molecular formula is C16H29N5O4. The van der Waals surface area contributed by atoms with Crippen LogP contribution in [0.4, 0.5) is 0 Å². The summed E-state index contributed by atoms with van der Waals surface area (Å²) in [5, 5.41) is 13.3. The van der Waals surface area contributed by atoms with Crippen LogP contribution in [0.2, 0.25) is 0 Å². The number of amides is 2. The smallest absolute Gasteiger partial charge is 0.220 e. The molecule has 0 aliphatic heterocycles. The Labute approximate surface area is 148 Å². The van der Waals surface area contributed by atoms with Crippen LogP contribution in [0.15, 0.2) is 6.20 Å². The zero-order valence-corrected chi connectivity index (χ0v) is 15.1. The van der Waals surface area contributed by atoms with Crippen molar-refractivity contribution in [2.45, 2.75) is 39.2 Å². The minimum Gasteiger partial charge on any atom is -0.377 e. The number of hydrogen-bond acceptors (Lipinski definition) is 6. The third-order valence-corrected chi connectivity index (χ3v) is 3.44. The number of aryl methyl sites for hydroxylation is 1. The van der Waals surface area contributed by atoms with Crippen molar-refractivity contribution >= 4 is 11.8 Å². The summed E-state index contributed by atoms with van der Waals surface area (Å²) in [6.07, 6.45) is 4.05. The van der Waals surface area contributed by atoms with Gasteiger partial charge in [0.2, 0.25) is 11.8 Å². The van der Waals surface area contributed by atoms with Gasteiger partial charge in [0, 0.05) is 32.6 Å². The van der Waals surface area contributed by atoms with Crippen molar-refractivity contribution in [3.63, 3.8) is 0 Å². The highest BCUT2D eigenvalue weighted by molar-refractivity contribution is 5.78. The van der Waals surface area contributed by atoms with E-state index in [1.165, 1.54) is 0 Å². The summed E-state index contributed by atoms with van der Waals surface area (Å²) in [7, 11) is 1.58. The number of rotatable bonds is 14. The highest BCUT2D eigenvalue weighted by atomic mass is 16.5. The highest BCUT2D eigenvalue weighted by Crippen LogP contribution is 1.95. The summed E-state index contributed by atoms with van der Waals surface area (Å²) in [5.74, 6) is -0.117. The molecule has 0 bridgehead atoms. The lowest BCUT2D eigenvalue weighted by molar-refractivity contribution is -0.122. The SMILES string of the molecule is CCc1cn(CCOCCOCCNC(=O)CCCC(=O)NC)nn1. The number of ether oxygens (including phenoxy) is 2.